The second-order valence-electron chi connectivity index (χ2n) is 6.68. The quantitative estimate of drug-likeness (QED) is 0.813. The van der Waals surface area contributed by atoms with Crippen LogP contribution in [0.25, 0.3) is 0 Å². The van der Waals surface area contributed by atoms with Gasteiger partial charge < -0.3 is 14.6 Å². The third-order valence-corrected chi connectivity index (χ3v) is 3.53. The Balaban J connectivity index is 2.30. The van der Waals surface area contributed by atoms with Crippen LogP contribution >= 0.6 is 0 Å². The molecule has 0 spiro atoms. The molecule has 2 rings (SSSR count). The summed E-state index contributed by atoms with van der Waals surface area (Å²) in [6.45, 7) is 4.84. The summed E-state index contributed by atoms with van der Waals surface area (Å²) in [6, 6.07) is 4.96. The lowest BCUT2D eigenvalue weighted by molar-refractivity contribution is -0.145. The summed E-state index contributed by atoms with van der Waals surface area (Å²) in [5.41, 5.74) is -0.368. The van der Waals surface area contributed by atoms with Gasteiger partial charge in [-0.05, 0) is 32.9 Å². The third kappa shape index (κ3) is 4.40. The van der Waals surface area contributed by atoms with Crippen LogP contribution in [0.4, 0.5) is 10.5 Å². The molecule has 1 aromatic rings. The number of benzene rings is 1. The molecule has 0 bridgehead atoms. The molecule has 1 fully saturated rings. The minimum absolute atomic E-state index is 0.0384. The lowest BCUT2D eigenvalue weighted by Gasteiger charge is -2.39. The summed E-state index contributed by atoms with van der Waals surface area (Å²) in [5, 5.41) is 9.64. The molecule has 0 aromatic heterocycles. The van der Waals surface area contributed by atoms with E-state index in [1.807, 2.05) is 0 Å². The van der Waals surface area contributed by atoms with Crippen molar-refractivity contribution >= 4 is 23.7 Å². The summed E-state index contributed by atoms with van der Waals surface area (Å²) in [4.78, 5) is 39.4. The van der Waals surface area contributed by atoms with Crippen LogP contribution < -0.4 is 4.90 Å². The number of rotatable bonds is 2. The summed E-state index contributed by atoms with van der Waals surface area (Å²) >= 11 is 0. The zero-order valence-corrected chi connectivity index (χ0v) is 14.7. The van der Waals surface area contributed by atoms with Crippen molar-refractivity contribution in [1.82, 2.24) is 4.90 Å². The molecule has 1 heterocycles. The second-order valence-corrected chi connectivity index (χ2v) is 6.68. The van der Waals surface area contributed by atoms with Gasteiger partial charge in [0.25, 0.3) is 0 Å². The van der Waals surface area contributed by atoms with Crippen molar-refractivity contribution < 1.29 is 29.0 Å². The van der Waals surface area contributed by atoms with Crippen molar-refractivity contribution in [3.8, 4) is 5.75 Å². The van der Waals surface area contributed by atoms with Gasteiger partial charge in [-0.25, -0.2) is 9.59 Å². The highest BCUT2D eigenvalue weighted by Crippen LogP contribution is 2.26. The summed E-state index contributed by atoms with van der Waals surface area (Å²) in [5.74, 6) is -1.17. The Morgan fingerprint density at radius 1 is 1.28 bits per heavy atom. The lowest BCUT2D eigenvalue weighted by Crippen LogP contribution is -2.61. The Morgan fingerprint density at radius 3 is 2.52 bits per heavy atom. The number of carbonyl (C=O) groups is 3. The zero-order valence-electron chi connectivity index (χ0n) is 14.7. The summed E-state index contributed by atoms with van der Waals surface area (Å²) in [7, 11) is 1.21. The standard InChI is InChI=1S/C17H22N2O6/c1-17(2,3)25-16(23)18-9-13(15(22)24-4)19(14(21)10-18)11-6-5-7-12(20)8-11/h5-8,13,20H,9-10H2,1-4H3. The third-order valence-electron chi connectivity index (χ3n) is 3.53. The highest BCUT2D eigenvalue weighted by atomic mass is 16.6. The van der Waals surface area contributed by atoms with E-state index in [0.717, 1.165) is 0 Å². The van der Waals surface area contributed by atoms with Crippen LogP contribution in [0, 0.1) is 0 Å². The number of carbonyl (C=O) groups excluding carboxylic acids is 3. The van der Waals surface area contributed by atoms with Crippen molar-refractivity contribution in [2.45, 2.75) is 32.4 Å². The Labute approximate surface area is 145 Å². The largest absolute Gasteiger partial charge is 0.508 e. The Bertz CT molecular complexity index is 682. The van der Waals surface area contributed by atoms with Gasteiger partial charge in [-0.3, -0.25) is 14.6 Å². The van der Waals surface area contributed by atoms with E-state index in [-0.39, 0.29) is 18.8 Å². The average Bonchev–Trinajstić information content (AvgIpc) is 2.51. The van der Waals surface area contributed by atoms with Crippen LogP contribution in [0.15, 0.2) is 24.3 Å². The number of hydrogen-bond acceptors (Lipinski definition) is 6. The average molecular weight is 350 g/mol. The van der Waals surface area contributed by atoms with Gasteiger partial charge in [-0.1, -0.05) is 6.07 Å². The van der Waals surface area contributed by atoms with Gasteiger partial charge >= 0.3 is 12.1 Å². The van der Waals surface area contributed by atoms with E-state index in [2.05, 4.69) is 0 Å². The molecule has 2 amide bonds. The number of hydrogen-bond donors (Lipinski definition) is 1. The summed E-state index contributed by atoms with van der Waals surface area (Å²) < 4.78 is 10.0. The molecule has 0 saturated carbocycles. The number of methoxy groups -OCH3 is 1. The second kappa shape index (κ2) is 7.00. The molecule has 1 unspecified atom stereocenters. The summed E-state index contributed by atoms with van der Waals surface area (Å²) in [6.07, 6.45) is -0.676. The van der Waals surface area contributed by atoms with Gasteiger partial charge in [0.2, 0.25) is 5.91 Å². The minimum Gasteiger partial charge on any atom is -0.508 e. The topological polar surface area (TPSA) is 96.4 Å². The Kier molecular flexibility index (Phi) is 5.20. The van der Waals surface area contributed by atoms with Crippen LogP contribution in [-0.4, -0.2) is 59.8 Å². The highest BCUT2D eigenvalue weighted by Gasteiger charge is 2.41. The first-order chi connectivity index (χ1) is 11.6. The molecule has 1 aliphatic rings. The number of nitrogens with zero attached hydrogens (tertiary/aromatic N) is 2. The number of anilines is 1. The van der Waals surface area contributed by atoms with Gasteiger partial charge in [0.15, 0.2) is 6.04 Å². The minimum atomic E-state index is -1.03. The van der Waals surface area contributed by atoms with E-state index in [9.17, 15) is 19.5 Å². The highest BCUT2D eigenvalue weighted by molar-refractivity contribution is 6.03. The molecule has 25 heavy (non-hydrogen) atoms. The first kappa shape index (κ1) is 18.6. The number of phenolic OH excluding ortho intramolecular Hbond substituents is 1. The number of aromatic hydroxyl groups is 1. The van der Waals surface area contributed by atoms with Crippen molar-refractivity contribution in [3.63, 3.8) is 0 Å². The monoisotopic (exact) mass is 350 g/mol. The van der Waals surface area contributed by atoms with E-state index in [0.29, 0.717) is 5.69 Å². The fraction of sp³-hybridized carbons (Fsp3) is 0.471. The number of esters is 1. The molecular formula is C17H22N2O6. The molecule has 0 radical (unpaired) electrons. The zero-order chi connectivity index (χ0) is 18.8. The number of ether oxygens (including phenoxy) is 2. The molecule has 8 heteroatoms. The van der Waals surface area contributed by atoms with Crippen molar-refractivity contribution in [2.24, 2.45) is 0 Å². The van der Waals surface area contributed by atoms with Crippen LogP contribution in [0.1, 0.15) is 20.8 Å². The SMILES string of the molecule is COC(=O)C1CN(C(=O)OC(C)(C)C)CC(=O)N1c1cccc(O)c1. The Hall–Kier alpha value is -2.77. The van der Waals surface area contributed by atoms with Gasteiger partial charge in [0.05, 0.1) is 13.7 Å². The number of phenols is 1. The maximum absolute atomic E-state index is 12.6. The van der Waals surface area contributed by atoms with E-state index in [1.165, 1.54) is 29.0 Å². The fourth-order valence-electron chi connectivity index (χ4n) is 2.52. The molecule has 8 nitrogen and oxygen atoms in total. The molecule has 1 N–H and O–H groups in total. The smallest absolute Gasteiger partial charge is 0.410 e. The molecule has 1 saturated heterocycles. The van der Waals surface area contributed by atoms with Crippen LogP contribution in [0.3, 0.4) is 0 Å². The number of amides is 2. The molecule has 1 atom stereocenters. The van der Waals surface area contributed by atoms with E-state index >= 15 is 0 Å². The predicted octanol–water partition coefficient (Wildman–Crippen LogP) is 1.52. The van der Waals surface area contributed by atoms with E-state index in [4.69, 9.17) is 9.47 Å². The predicted molar refractivity (Wildman–Crippen MR) is 89.2 cm³/mol. The van der Waals surface area contributed by atoms with Crippen LogP contribution in [0.5, 0.6) is 5.75 Å². The first-order valence-corrected chi connectivity index (χ1v) is 7.79. The Morgan fingerprint density at radius 2 is 1.96 bits per heavy atom. The molecule has 1 aromatic carbocycles. The van der Waals surface area contributed by atoms with Gasteiger partial charge in [-0.2, -0.15) is 0 Å². The van der Waals surface area contributed by atoms with Gasteiger partial charge in [0.1, 0.15) is 17.9 Å². The number of piperazine rings is 1. The molecule has 0 aliphatic carbocycles. The van der Waals surface area contributed by atoms with Crippen LogP contribution in [-0.2, 0) is 19.1 Å². The molecular weight excluding hydrogens is 328 g/mol. The fourth-order valence-corrected chi connectivity index (χ4v) is 2.52. The van der Waals surface area contributed by atoms with Gasteiger partial charge in [0, 0.05) is 11.8 Å². The van der Waals surface area contributed by atoms with E-state index < -0.39 is 29.6 Å². The first-order valence-electron chi connectivity index (χ1n) is 7.79. The van der Waals surface area contributed by atoms with Crippen LogP contribution in [0.2, 0.25) is 0 Å². The normalized spacial score (nSPS) is 18.1. The maximum Gasteiger partial charge on any atom is 0.410 e. The van der Waals surface area contributed by atoms with E-state index in [1.54, 1.807) is 32.9 Å². The van der Waals surface area contributed by atoms with Gasteiger partial charge in [-0.15, -0.1) is 0 Å². The molecule has 1 aliphatic heterocycles. The van der Waals surface area contributed by atoms with Crippen molar-refractivity contribution in [1.29, 1.82) is 0 Å². The maximum atomic E-state index is 12.6. The van der Waals surface area contributed by atoms with Crippen molar-refractivity contribution in [2.75, 3.05) is 25.1 Å². The van der Waals surface area contributed by atoms with Crippen molar-refractivity contribution in [3.05, 3.63) is 24.3 Å². The lowest BCUT2D eigenvalue weighted by atomic mass is 10.1. The molecule has 136 valence electrons.